The maximum Gasteiger partial charge on any atom is 0.332 e. The molecule has 0 fully saturated rings. The van der Waals surface area contributed by atoms with Gasteiger partial charge in [0.1, 0.15) is 12.2 Å². The summed E-state index contributed by atoms with van der Waals surface area (Å²) in [5.74, 6) is -1.03. The lowest BCUT2D eigenvalue weighted by molar-refractivity contribution is -0.160. The summed E-state index contributed by atoms with van der Waals surface area (Å²) in [6, 6.07) is 0. The maximum absolute atomic E-state index is 11.4. The van der Waals surface area contributed by atoms with Gasteiger partial charge in [-0.15, -0.1) is 0 Å². The van der Waals surface area contributed by atoms with Crippen molar-refractivity contribution in [3.8, 4) is 0 Å². The summed E-state index contributed by atoms with van der Waals surface area (Å²) in [5, 5.41) is 0. The van der Waals surface area contributed by atoms with Gasteiger partial charge in [-0.25, -0.2) is 4.79 Å². The van der Waals surface area contributed by atoms with Crippen LogP contribution in [0.4, 0.5) is 0 Å². The molecule has 9 nitrogen and oxygen atoms in total. The monoisotopic (exact) mass is 387 g/mol. The van der Waals surface area contributed by atoms with E-state index in [1.54, 1.807) is 20.8 Å². The molecule has 9 heteroatoms. The Labute approximate surface area is 159 Å². The van der Waals surface area contributed by atoms with E-state index < -0.39 is 11.6 Å². The molecule has 0 bridgehead atoms. The molecule has 0 saturated heterocycles. The van der Waals surface area contributed by atoms with Crippen molar-refractivity contribution in [3.05, 3.63) is 12.2 Å². The average molecular weight is 387 g/mol. The van der Waals surface area contributed by atoms with E-state index in [4.69, 9.17) is 23.7 Å². The van der Waals surface area contributed by atoms with Crippen LogP contribution in [0.15, 0.2) is 12.2 Å². The third kappa shape index (κ3) is 11.5. The summed E-state index contributed by atoms with van der Waals surface area (Å²) in [4.78, 5) is 35.1. The summed E-state index contributed by atoms with van der Waals surface area (Å²) < 4.78 is 26.2. The van der Waals surface area contributed by atoms with E-state index in [1.165, 1.54) is 12.2 Å². The van der Waals surface area contributed by atoms with Gasteiger partial charge < -0.3 is 23.7 Å². The van der Waals surface area contributed by atoms with E-state index in [-0.39, 0.29) is 31.6 Å². The van der Waals surface area contributed by atoms with Gasteiger partial charge >= 0.3 is 5.97 Å². The fraction of sp³-hybridized carbons (Fsp3) is 0.722. The summed E-state index contributed by atoms with van der Waals surface area (Å²) in [7, 11) is 0. The molecule has 0 N–H and O–H groups in total. The van der Waals surface area contributed by atoms with E-state index in [9.17, 15) is 14.4 Å². The Hall–Kier alpha value is -1.81. The van der Waals surface area contributed by atoms with Gasteiger partial charge in [-0.1, -0.05) is 0 Å². The Kier molecular flexibility index (Phi) is 10.8. The molecule has 0 saturated carbocycles. The van der Waals surface area contributed by atoms with E-state index >= 15 is 0 Å². The number of rotatable bonds is 14. The highest BCUT2D eigenvalue weighted by Gasteiger charge is 2.22. The van der Waals surface area contributed by atoms with E-state index in [2.05, 4.69) is 0 Å². The number of imide groups is 1. The van der Waals surface area contributed by atoms with Gasteiger partial charge in [-0.05, 0) is 20.8 Å². The first kappa shape index (κ1) is 23.2. The van der Waals surface area contributed by atoms with Crippen LogP contribution in [0, 0.1) is 0 Å². The van der Waals surface area contributed by atoms with Crippen LogP contribution < -0.4 is 0 Å². The SMILES string of the molecule is CC(C)(C)OC(=O)COCCOCCOCCOCCN1C(=O)C=CC1=O. The normalized spacial score (nSPS) is 14.3. The molecule has 0 aromatic heterocycles. The Balaban J connectivity index is 1.81. The van der Waals surface area contributed by atoms with Gasteiger partial charge in [0.25, 0.3) is 11.8 Å². The first-order chi connectivity index (χ1) is 12.8. The van der Waals surface area contributed by atoms with Crippen molar-refractivity contribution in [2.24, 2.45) is 0 Å². The van der Waals surface area contributed by atoms with Crippen molar-refractivity contribution in [2.75, 3.05) is 59.4 Å². The lowest BCUT2D eigenvalue weighted by atomic mass is 10.2. The van der Waals surface area contributed by atoms with Gasteiger partial charge in [0.05, 0.1) is 52.8 Å². The topological polar surface area (TPSA) is 101 Å². The zero-order chi connectivity index (χ0) is 20.1. The Morgan fingerprint density at radius 2 is 1.26 bits per heavy atom. The van der Waals surface area contributed by atoms with Crippen LogP contribution in [0.1, 0.15) is 20.8 Å². The number of hydrogen-bond acceptors (Lipinski definition) is 8. The van der Waals surface area contributed by atoms with Crippen LogP contribution in [0.5, 0.6) is 0 Å². The van der Waals surface area contributed by atoms with Gasteiger partial charge in [0, 0.05) is 12.2 Å². The van der Waals surface area contributed by atoms with E-state index in [0.717, 1.165) is 4.90 Å². The molecule has 0 unspecified atom stereocenters. The molecule has 0 radical (unpaired) electrons. The van der Waals surface area contributed by atoms with Gasteiger partial charge in [-0.2, -0.15) is 0 Å². The molecule has 1 aliphatic heterocycles. The first-order valence-corrected chi connectivity index (χ1v) is 8.86. The number of ether oxygens (including phenoxy) is 5. The number of carbonyl (C=O) groups excluding carboxylic acids is 3. The summed E-state index contributed by atoms with van der Waals surface area (Å²) in [6.45, 7) is 8.01. The number of esters is 1. The minimum Gasteiger partial charge on any atom is -0.458 e. The number of nitrogens with zero attached hydrogens (tertiary/aromatic N) is 1. The highest BCUT2D eigenvalue weighted by molar-refractivity contribution is 6.12. The van der Waals surface area contributed by atoms with Crippen molar-refractivity contribution in [3.63, 3.8) is 0 Å². The molecule has 1 heterocycles. The fourth-order valence-corrected chi connectivity index (χ4v) is 1.99. The quantitative estimate of drug-likeness (QED) is 0.239. The first-order valence-electron chi connectivity index (χ1n) is 8.86. The highest BCUT2D eigenvalue weighted by Crippen LogP contribution is 2.06. The van der Waals surface area contributed by atoms with Crippen molar-refractivity contribution in [2.45, 2.75) is 26.4 Å². The zero-order valence-electron chi connectivity index (χ0n) is 16.2. The largest absolute Gasteiger partial charge is 0.458 e. The molecular formula is C18H29NO8. The van der Waals surface area contributed by atoms with Gasteiger partial charge in [-0.3, -0.25) is 14.5 Å². The van der Waals surface area contributed by atoms with Gasteiger partial charge in [0.15, 0.2) is 0 Å². The Bertz CT molecular complexity index is 494. The molecular weight excluding hydrogens is 358 g/mol. The van der Waals surface area contributed by atoms with Crippen molar-refractivity contribution < 1.29 is 38.1 Å². The molecule has 154 valence electrons. The standard InChI is InChI=1S/C18H29NO8/c1-18(2,3)27-17(22)14-26-13-12-25-11-10-24-9-8-23-7-6-19-15(20)4-5-16(19)21/h4-5H,6-14H2,1-3H3. The summed E-state index contributed by atoms with van der Waals surface area (Å²) in [5.41, 5.74) is -0.516. The van der Waals surface area contributed by atoms with E-state index in [1.807, 2.05) is 0 Å². The van der Waals surface area contributed by atoms with Crippen molar-refractivity contribution in [1.82, 2.24) is 4.90 Å². The summed E-state index contributed by atoms with van der Waals surface area (Å²) >= 11 is 0. The third-order valence-electron chi connectivity index (χ3n) is 3.12. The predicted octanol–water partition coefficient (Wildman–Crippen LogP) is 0.320. The lowest BCUT2D eigenvalue weighted by Crippen LogP contribution is -2.33. The zero-order valence-corrected chi connectivity index (χ0v) is 16.2. The van der Waals surface area contributed by atoms with Crippen LogP contribution in [0.3, 0.4) is 0 Å². The molecule has 27 heavy (non-hydrogen) atoms. The van der Waals surface area contributed by atoms with Crippen LogP contribution in [0.2, 0.25) is 0 Å². The molecule has 0 aromatic carbocycles. The molecule has 1 aliphatic rings. The highest BCUT2D eigenvalue weighted by atomic mass is 16.6. The van der Waals surface area contributed by atoms with Crippen molar-refractivity contribution in [1.29, 1.82) is 0 Å². The van der Waals surface area contributed by atoms with Crippen LogP contribution in [-0.2, 0) is 38.1 Å². The molecule has 2 amide bonds. The number of amides is 2. The fourth-order valence-electron chi connectivity index (χ4n) is 1.99. The van der Waals surface area contributed by atoms with Crippen LogP contribution in [-0.4, -0.2) is 87.7 Å². The number of hydrogen-bond donors (Lipinski definition) is 0. The lowest BCUT2D eigenvalue weighted by Gasteiger charge is -2.19. The molecule has 0 aromatic rings. The Morgan fingerprint density at radius 1 is 0.815 bits per heavy atom. The van der Waals surface area contributed by atoms with Gasteiger partial charge in [0.2, 0.25) is 0 Å². The minimum atomic E-state index is -0.516. The second-order valence-corrected chi connectivity index (χ2v) is 6.64. The second kappa shape index (κ2) is 12.6. The summed E-state index contributed by atoms with van der Waals surface area (Å²) in [6.07, 6.45) is 2.49. The van der Waals surface area contributed by atoms with Crippen molar-refractivity contribution >= 4 is 17.8 Å². The second-order valence-electron chi connectivity index (χ2n) is 6.64. The molecule has 0 aliphatic carbocycles. The Morgan fingerprint density at radius 3 is 1.74 bits per heavy atom. The molecule has 1 rings (SSSR count). The van der Waals surface area contributed by atoms with E-state index in [0.29, 0.717) is 39.6 Å². The average Bonchev–Trinajstić information content (AvgIpc) is 2.89. The maximum atomic E-state index is 11.4. The molecule has 0 spiro atoms. The van der Waals surface area contributed by atoms with Crippen LogP contribution >= 0.6 is 0 Å². The third-order valence-corrected chi connectivity index (χ3v) is 3.12. The van der Waals surface area contributed by atoms with Crippen LogP contribution in [0.25, 0.3) is 0 Å². The minimum absolute atomic E-state index is 0.0981. The number of carbonyl (C=O) groups is 3. The molecule has 0 atom stereocenters. The predicted molar refractivity (Wildman–Crippen MR) is 95.0 cm³/mol. The smallest absolute Gasteiger partial charge is 0.332 e.